The highest BCUT2D eigenvalue weighted by Crippen LogP contribution is 2.21. The van der Waals surface area contributed by atoms with Gasteiger partial charge in [-0.3, -0.25) is 4.79 Å². The molecular formula is C17H27Cl2N3O3S. The molecule has 1 heterocycles. The van der Waals surface area contributed by atoms with Gasteiger partial charge in [0.1, 0.15) is 0 Å². The summed E-state index contributed by atoms with van der Waals surface area (Å²) in [4.78, 5) is 14.2. The predicted octanol–water partition coefficient (Wildman–Crippen LogP) is 2.50. The molecule has 0 aliphatic carbocycles. The molecule has 2 rings (SSSR count). The molecule has 1 saturated heterocycles. The van der Waals surface area contributed by atoms with Crippen molar-refractivity contribution in [2.75, 3.05) is 32.7 Å². The summed E-state index contributed by atoms with van der Waals surface area (Å²) in [5.74, 6) is 0.104. The topological polar surface area (TPSA) is 83.7 Å². The third-order valence-corrected chi connectivity index (χ3v) is 6.50. The number of hydrogen-bond donors (Lipinski definition) is 1. The number of benzene rings is 1. The van der Waals surface area contributed by atoms with E-state index in [1.54, 1.807) is 23.1 Å². The highest BCUT2D eigenvalue weighted by atomic mass is 35.5. The summed E-state index contributed by atoms with van der Waals surface area (Å²) in [5.41, 5.74) is 5.45. The van der Waals surface area contributed by atoms with E-state index < -0.39 is 10.0 Å². The minimum absolute atomic E-state index is 0. The Morgan fingerprint density at radius 2 is 1.73 bits per heavy atom. The zero-order chi connectivity index (χ0) is 18.3. The Kier molecular flexibility index (Phi) is 9.89. The zero-order valence-corrected chi connectivity index (χ0v) is 17.2. The number of carbonyl (C=O) groups excluding carboxylic acids is 1. The Bertz CT molecular complexity index is 678. The van der Waals surface area contributed by atoms with E-state index in [1.807, 2.05) is 0 Å². The van der Waals surface area contributed by atoms with Crippen molar-refractivity contribution in [1.29, 1.82) is 0 Å². The van der Waals surface area contributed by atoms with E-state index >= 15 is 0 Å². The van der Waals surface area contributed by atoms with E-state index in [-0.39, 0.29) is 23.2 Å². The lowest BCUT2D eigenvalue weighted by molar-refractivity contribution is -0.132. The van der Waals surface area contributed by atoms with Crippen LogP contribution < -0.4 is 5.73 Å². The molecule has 1 aliphatic heterocycles. The van der Waals surface area contributed by atoms with Gasteiger partial charge in [0.05, 0.1) is 4.90 Å². The van der Waals surface area contributed by atoms with Crippen molar-refractivity contribution in [3.8, 4) is 0 Å². The molecule has 0 atom stereocenters. The minimum Gasteiger partial charge on any atom is -0.340 e. The van der Waals surface area contributed by atoms with Crippen molar-refractivity contribution < 1.29 is 13.2 Å². The maximum Gasteiger partial charge on any atom is 0.243 e. The van der Waals surface area contributed by atoms with Gasteiger partial charge >= 0.3 is 0 Å². The van der Waals surface area contributed by atoms with Gasteiger partial charge in [0, 0.05) is 37.6 Å². The van der Waals surface area contributed by atoms with Crippen LogP contribution in [0.25, 0.3) is 0 Å². The predicted molar refractivity (Wildman–Crippen MR) is 106 cm³/mol. The number of unbranched alkanes of at least 4 members (excludes halogenated alkanes) is 3. The van der Waals surface area contributed by atoms with Crippen LogP contribution in [0.3, 0.4) is 0 Å². The number of piperazine rings is 1. The summed E-state index contributed by atoms with van der Waals surface area (Å²) in [6, 6.07) is 6.26. The standard InChI is InChI=1S/C17H26ClN3O3S.ClH/c18-15-6-5-7-16(14-15)25(23,24)21-12-10-20(11-13-21)17(22)8-3-1-2-4-9-19;/h5-7,14H,1-4,8-13,19H2;1H. The zero-order valence-electron chi connectivity index (χ0n) is 14.8. The highest BCUT2D eigenvalue weighted by molar-refractivity contribution is 7.89. The van der Waals surface area contributed by atoms with Gasteiger partial charge in [-0.2, -0.15) is 4.31 Å². The van der Waals surface area contributed by atoms with E-state index in [4.69, 9.17) is 17.3 Å². The quantitative estimate of drug-likeness (QED) is 0.650. The van der Waals surface area contributed by atoms with Gasteiger partial charge in [0.15, 0.2) is 0 Å². The maximum absolute atomic E-state index is 12.6. The fourth-order valence-electron chi connectivity index (χ4n) is 2.89. The molecule has 26 heavy (non-hydrogen) atoms. The summed E-state index contributed by atoms with van der Waals surface area (Å²) in [5, 5.41) is 0.393. The summed E-state index contributed by atoms with van der Waals surface area (Å²) in [7, 11) is -3.56. The van der Waals surface area contributed by atoms with E-state index in [0.717, 1.165) is 25.7 Å². The lowest BCUT2D eigenvalue weighted by Crippen LogP contribution is -2.50. The first-order valence-electron chi connectivity index (χ1n) is 8.68. The Labute approximate surface area is 167 Å². The summed E-state index contributed by atoms with van der Waals surface area (Å²) >= 11 is 5.89. The molecule has 0 spiro atoms. The molecular weight excluding hydrogens is 397 g/mol. The third-order valence-electron chi connectivity index (χ3n) is 4.37. The van der Waals surface area contributed by atoms with E-state index in [0.29, 0.717) is 44.2 Å². The number of nitrogens with two attached hydrogens (primary N) is 1. The minimum atomic E-state index is -3.56. The van der Waals surface area contributed by atoms with Gasteiger partial charge < -0.3 is 10.6 Å². The number of amides is 1. The van der Waals surface area contributed by atoms with Crippen molar-refractivity contribution >= 4 is 39.9 Å². The van der Waals surface area contributed by atoms with Gasteiger partial charge in [-0.15, -0.1) is 12.4 Å². The van der Waals surface area contributed by atoms with E-state index in [2.05, 4.69) is 0 Å². The fraction of sp³-hybridized carbons (Fsp3) is 0.588. The van der Waals surface area contributed by atoms with Gasteiger partial charge in [-0.05, 0) is 37.6 Å². The van der Waals surface area contributed by atoms with Crippen LogP contribution in [-0.4, -0.2) is 56.3 Å². The van der Waals surface area contributed by atoms with Crippen LogP contribution in [0.1, 0.15) is 32.1 Å². The van der Waals surface area contributed by atoms with Crippen molar-refractivity contribution in [2.24, 2.45) is 5.73 Å². The van der Waals surface area contributed by atoms with Crippen LogP contribution in [0.2, 0.25) is 5.02 Å². The normalized spacial score (nSPS) is 15.5. The van der Waals surface area contributed by atoms with Gasteiger partial charge in [-0.1, -0.05) is 30.5 Å². The molecule has 0 radical (unpaired) electrons. The maximum atomic E-state index is 12.6. The summed E-state index contributed by atoms with van der Waals surface area (Å²) in [6.45, 7) is 2.18. The van der Waals surface area contributed by atoms with Gasteiger partial charge in [0.2, 0.25) is 15.9 Å². The second kappa shape index (κ2) is 11.1. The summed E-state index contributed by atoms with van der Waals surface area (Å²) in [6.07, 6.45) is 4.43. The number of hydrogen-bond acceptors (Lipinski definition) is 4. The van der Waals surface area contributed by atoms with E-state index in [9.17, 15) is 13.2 Å². The number of sulfonamides is 1. The molecule has 0 aromatic heterocycles. The molecule has 1 aliphatic rings. The lowest BCUT2D eigenvalue weighted by Gasteiger charge is -2.34. The largest absolute Gasteiger partial charge is 0.340 e. The molecule has 0 bridgehead atoms. The first kappa shape index (κ1) is 23.2. The molecule has 9 heteroatoms. The smallest absolute Gasteiger partial charge is 0.243 e. The Morgan fingerprint density at radius 1 is 1.08 bits per heavy atom. The van der Waals surface area contributed by atoms with Gasteiger partial charge in [-0.25, -0.2) is 8.42 Å². The molecule has 0 saturated carbocycles. The van der Waals surface area contributed by atoms with Gasteiger partial charge in [0.25, 0.3) is 0 Å². The number of nitrogens with zero attached hydrogens (tertiary/aromatic N) is 2. The van der Waals surface area contributed by atoms with Crippen LogP contribution >= 0.6 is 24.0 Å². The average molecular weight is 424 g/mol. The Hall–Kier alpha value is -0.860. The summed E-state index contributed by atoms with van der Waals surface area (Å²) < 4.78 is 26.7. The second-order valence-electron chi connectivity index (χ2n) is 6.20. The van der Waals surface area contributed by atoms with Crippen LogP contribution in [0, 0.1) is 0 Å². The van der Waals surface area contributed by atoms with Crippen LogP contribution in [0.5, 0.6) is 0 Å². The third kappa shape index (κ3) is 6.39. The molecule has 1 aromatic rings. The monoisotopic (exact) mass is 423 g/mol. The van der Waals surface area contributed by atoms with Crippen LogP contribution in [0.4, 0.5) is 0 Å². The van der Waals surface area contributed by atoms with Crippen molar-refractivity contribution in [3.63, 3.8) is 0 Å². The Morgan fingerprint density at radius 3 is 2.35 bits per heavy atom. The number of halogens is 2. The van der Waals surface area contributed by atoms with Crippen molar-refractivity contribution in [3.05, 3.63) is 29.3 Å². The average Bonchev–Trinajstić information content (AvgIpc) is 2.61. The first-order chi connectivity index (χ1) is 11.9. The van der Waals surface area contributed by atoms with Crippen LogP contribution in [-0.2, 0) is 14.8 Å². The van der Waals surface area contributed by atoms with Crippen LogP contribution in [0.15, 0.2) is 29.2 Å². The lowest BCUT2D eigenvalue weighted by atomic mass is 10.1. The molecule has 2 N–H and O–H groups in total. The fourth-order valence-corrected chi connectivity index (χ4v) is 4.61. The first-order valence-corrected chi connectivity index (χ1v) is 10.5. The number of rotatable bonds is 8. The highest BCUT2D eigenvalue weighted by Gasteiger charge is 2.29. The second-order valence-corrected chi connectivity index (χ2v) is 8.57. The molecule has 1 amide bonds. The molecule has 1 aromatic carbocycles. The van der Waals surface area contributed by atoms with Crippen molar-refractivity contribution in [2.45, 2.75) is 37.0 Å². The Balaban J connectivity index is 0.00000338. The number of carbonyl (C=O) groups is 1. The van der Waals surface area contributed by atoms with Crippen molar-refractivity contribution in [1.82, 2.24) is 9.21 Å². The van der Waals surface area contributed by atoms with E-state index in [1.165, 1.54) is 10.4 Å². The molecule has 0 unspecified atom stereocenters. The SMILES string of the molecule is Cl.NCCCCCCC(=O)N1CCN(S(=O)(=O)c2cccc(Cl)c2)CC1. The molecule has 6 nitrogen and oxygen atoms in total. The molecule has 1 fully saturated rings. The molecule has 148 valence electrons.